The lowest BCUT2D eigenvalue weighted by Gasteiger charge is -2.23. The summed E-state index contributed by atoms with van der Waals surface area (Å²) in [5.41, 5.74) is 1.89. The van der Waals surface area contributed by atoms with Gasteiger partial charge in [-0.15, -0.1) is 10.2 Å². The second-order valence-electron chi connectivity index (χ2n) is 10.4. The normalized spacial score (nSPS) is 15.7. The molecule has 0 bridgehead atoms. The molecule has 1 saturated heterocycles. The highest BCUT2D eigenvalue weighted by Crippen LogP contribution is 2.46. The smallest absolute Gasteiger partial charge is 0.301 e. The summed E-state index contributed by atoms with van der Waals surface area (Å²) >= 11 is 8.67. The van der Waals surface area contributed by atoms with Crippen LogP contribution in [0.5, 0.6) is 17.2 Å². The zero-order valence-corrected chi connectivity index (χ0v) is 28.1. The fourth-order valence-electron chi connectivity index (χ4n) is 4.95. The van der Waals surface area contributed by atoms with Crippen molar-refractivity contribution in [2.45, 2.75) is 49.2 Å². The van der Waals surface area contributed by atoms with Crippen LogP contribution in [0.4, 0.5) is 5.13 Å². The topological polar surface area (TPSA) is 111 Å². The quantitative estimate of drug-likeness (QED) is 0.0353. The second-order valence-corrected chi connectivity index (χ2v) is 13.0. The van der Waals surface area contributed by atoms with Gasteiger partial charge in [0.25, 0.3) is 5.78 Å². The van der Waals surface area contributed by atoms with Crippen molar-refractivity contribution in [2.75, 3.05) is 25.2 Å². The van der Waals surface area contributed by atoms with E-state index in [1.54, 1.807) is 42.5 Å². The predicted octanol–water partition coefficient (Wildman–Crippen LogP) is 8.09. The SMILES string of the molecule is CCCCCOc1ccc(C2/C(=C(\O)c3ccc(OC)cc3)C(=O)C(=O)N2c2nnc(SCc3ccc(Cl)cc3)s2)cc1OCC. The highest BCUT2D eigenvalue weighted by molar-refractivity contribution is 8.00. The van der Waals surface area contributed by atoms with E-state index in [9.17, 15) is 14.7 Å². The number of hydrogen-bond acceptors (Lipinski definition) is 10. The molecule has 240 valence electrons. The summed E-state index contributed by atoms with van der Waals surface area (Å²) in [7, 11) is 1.54. The summed E-state index contributed by atoms with van der Waals surface area (Å²) in [5, 5.41) is 21.0. The molecule has 0 saturated carbocycles. The van der Waals surface area contributed by atoms with E-state index in [-0.39, 0.29) is 16.5 Å². The third-order valence-corrected chi connectivity index (χ3v) is 9.65. The maximum atomic E-state index is 13.7. The van der Waals surface area contributed by atoms with Crippen LogP contribution in [0.2, 0.25) is 5.02 Å². The number of unbranched alkanes of at least 4 members (excludes halogenated alkanes) is 2. The van der Waals surface area contributed by atoms with Crippen LogP contribution in [0.1, 0.15) is 55.8 Å². The maximum absolute atomic E-state index is 13.7. The van der Waals surface area contributed by atoms with Crippen molar-refractivity contribution in [3.63, 3.8) is 0 Å². The van der Waals surface area contributed by atoms with E-state index in [1.807, 2.05) is 31.2 Å². The molecule has 4 aromatic rings. The van der Waals surface area contributed by atoms with Gasteiger partial charge in [-0.1, -0.05) is 72.7 Å². The number of carbonyl (C=O) groups excluding carboxylic acids is 2. The van der Waals surface area contributed by atoms with Crippen LogP contribution in [0.15, 0.2) is 76.6 Å². The molecular formula is C34H34ClN3O6S2. The van der Waals surface area contributed by atoms with E-state index in [0.29, 0.717) is 56.7 Å². The van der Waals surface area contributed by atoms with Gasteiger partial charge < -0.3 is 19.3 Å². The van der Waals surface area contributed by atoms with E-state index in [1.165, 1.54) is 35.1 Å². The van der Waals surface area contributed by atoms with Crippen molar-refractivity contribution in [1.82, 2.24) is 10.2 Å². The number of aromatic nitrogens is 2. The first-order chi connectivity index (χ1) is 22.3. The summed E-state index contributed by atoms with van der Waals surface area (Å²) in [6, 6.07) is 18.4. The number of ketones is 1. The molecule has 3 aromatic carbocycles. The molecule has 0 aliphatic carbocycles. The number of amides is 1. The Morgan fingerprint density at radius 3 is 2.43 bits per heavy atom. The number of hydrogen-bond donors (Lipinski definition) is 1. The molecule has 0 radical (unpaired) electrons. The molecule has 1 atom stereocenters. The Morgan fingerprint density at radius 1 is 0.978 bits per heavy atom. The molecule has 2 heterocycles. The Hall–Kier alpha value is -4.06. The third-order valence-electron chi connectivity index (χ3n) is 7.27. The molecule has 1 aliphatic rings. The minimum Gasteiger partial charge on any atom is -0.507 e. The summed E-state index contributed by atoms with van der Waals surface area (Å²) < 4.78 is 17.8. The summed E-state index contributed by atoms with van der Waals surface area (Å²) in [6.07, 6.45) is 3.02. The number of aliphatic hydroxyl groups is 1. The van der Waals surface area contributed by atoms with Gasteiger partial charge in [0.2, 0.25) is 5.13 Å². The monoisotopic (exact) mass is 679 g/mol. The van der Waals surface area contributed by atoms with Crippen LogP contribution < -0.4 is 19.1 Å². The Labute approximate surface area is 281 Å². The van der Waals surface area contributed by atoms with E-state index in [2.05, 4.69) is 17.1 Å². The first-order valence-corrected chi connectivity index (χ1v) is 17.1. The van der Waals surface area contributed by atoms with Crippen LogP contribution >= 0.6 is 34.7 Å². The van der Waals surface area contributed by atoms with Crippen molar-refractivity contribution in [1.29, 1.82) is 0 Å². The molecule has 9 nitrogen and oxygen atoms in total. The maximum Gasteiger partial charge on any atom is 0.301 e. The van der Waals surface area contributed by atoms with Crippen molar-refractivity contribution >= 4 is 57.3 Å². The van der Waals surface area contributed by atoms with Crippen LogP contribution in [0, 0.1) is 0 Å². The Kier molecular flexibility index (Phi) is 11.2. The van der Waals surface area contributed by atoms with Gasteiger partial charge in [0.15, 0.2) is 15.8 Å². The minimum absolute atomic E-state index is 0.0696. The van der Waals surface area contributed by atoms with Gasteiger partial charge in [-0.2, -0.15) is 0 Å². The molecule has 1 N–H and O–H groups in total. The number of rotatable bonds is 14. The van der Waals surface area contributed by atoms with Gasteiger partial charge in [0.05, 0.1) is 31.9 Å². The highest BCUT2D eigenvalue weighted by Gasteiger charge is 2.48. The number of carbonyl (C=O) groups is 2. The lowest BCUT2D eigenvalue weighted by atomic mass is 9.95. The average Bonchev–Trinajstić information content (AvgIpc) is 3.64. The number of Topliss-reactive ketones (excluding diaryl/α,β-unsaturated/α-hetero) is 1. The molecule has 12 heteroatoms. The van der Waals surface area contributed by atoms with E-state index in [4.69, 9.17) is 25.8 Å². The number of thioether (sulfide) groups is 1. The standard InChI is InChI=1S/C34H34ClN3O6S2/c1-4-6-7-18-44-26-17-12-23(19-27(26)43-5-2)29-28(30(39)22-10-15-25(42-3)16-11-22)31(40)32(41)38(29)33-36-37-34(46-33)45-20-21-8-13-24(35)14-9-21/h8-17,19,29,39H,4-7,18,20H2,1-3H3/b30-28+. The Balaban J connectivity index is 1.54. The number of benzene rings is 3. The van der Waals surface area contributed by atoms with Gasteiger partial charge in [-0.25, -0.2) is 0 Å². The van der Waals surface area contributed by atoms with E-state index < -0.39 is 17.7 Å². The fourth-order valence-corrected chi connectivity index (χ4v) is 6.90. The number of ether oxygens (including phenoxy) is 3. The first kappa shape index (κ1) is 33.3. The van der Waals surface area contributed by atoms with Gasteiger partial charge in [0.1, 0.15) is 11.5 Å². The summed E-state index contributed by atoms with van der Waals surface area (Å²) in [5.74, 6) is 0.275. The highest BCUT2D eigenvalue weighted by atomic mass is 35.5. The van der Waals surface area contributed by atoms with Gasteiger partial charge in [-0.3, -0.25) is 14.5 Å². The molecule has 0 spiro atoms. The van der Waals surface area contributed by atoms with Crippen molar-refractivity contribution in [2.24, 2.45) is 0 Å². The molecule has 1 fully saturated rings. The first-order valence-electron chi connectivity index (χ1n) is 14.9. The van der Waals surface area contributed by atoms with Crippen molar-refractivity contribution < 1.29 is 28.9 Å². The minimum atomic E-state index is -1.00. The number of nitrogens with zero attached hydrogens (tertiary/aromatic N) is 3. The lowest BCUT2D eigenvalue weighted by Crippen LogP contribution is -2.29. The number of halogens is 1. The fraction of sp³-hybridized carbons (Fsp3) is 0.294. The largest absolute Gasteiger partial charge is 0.507 e. The molecule has 1 amide bonds. The number of aliphatic hydroxyl groups excluding tert-OH is 1. The average molecular weight is 680 g/mol. The molecule has 5 rings (SSSR count). The number of methoxy groups -OCH3 is 1. The van der Waals surface area contributed by atoms with E-state index in [0.717, 1.165) is 24.8 Å². The van der Waals surface area contributed by atoms with Gasteiger partial charge in [0, 0.05) is 16.3 Å². The second kappa shape index (κ2) is 15.5. The molecular weight excluding hydrogens is 646 g/mol. The number of anilines is 1. The van der Waals surface area contributed by atoms with Gasteiger partial charge in [-0.05, 0) is 73.0 Å². The van der Waals surface area contributed by atoms with Crippen LogP contribution in [-0.2, 0) is 15.3 Å². The third kappa shape index (κ3) is 7.49. The summed E-state index contributed by atoms with van der Waals surface area (Å²) in [6.45, 7) is 4.91. The zero-order chi connectivity index (χ0) is 32.6. The predicted molar refractivity (Wildman–Crippen MR) is 181 cm³/mol. The Bertz CT molecular complexity index is 1710. The van der Waals surface area contributed by atoms with E-state index >= 15 is 0 Å². The van der Waals surface area contributed by atoms with Crippen LogP contribution in [0.25, 0.3) is 5.76 Å². The van der Waals surface area contributed by atoms with Crippen molar-refractivity contribution in [3.05, 3.63) is 94.0 Å². The van der Waals surface area contributed by atoms with Gasteiger partial charge >= 0.3 is 5.91 Å². The van der Waals surface area contributed by atoms with Crippen molar-refractivity contribution in [3.8, 4) is 17.2 Å². The Morgan fingerprint density at radius 2 is 1.74 bits per heavy atom. The molecule has 46 heavy (non-hydrogen) atoms. The lowest BCUT2D eigenvalue weighted by molar-refractivity contribution is -0.132. The van der Waals surface area contributed by atoms with Crippen LogP contribution in [0.3, 0.4) is 0 Å². The molecule has 1 unspecified atom stereocenters. The zero-order valence-electron chi connectivity index (χ0n) is 25.7. The molecule has 1 aliphatic heterocycles. The molecule has 1 aromatic heterocycles. The van der Waals surface area contributed by atoms with Crippen LogP contribution in [-0.4, -0.2) is 47.3 Å². The summed E-state index contributed by atoms with van der Waals surface area (Å²) in [4.78, 5) is 28.7.